The van der Waals surface area contributed by atoms with E-state index >= 15 is 0 Å². The number of oxazole rings is 1. The maximum atomic E-state index is 14.8. The van der Waals surface area contributed by atoms with Crippen LogP contribution in [0.5, 0.6) is 0 Å². The minimum Gasteiger partial charge on any atom is -0.465 e. The minimum atomic E-state index is -1.08. The number of carbonyl (C=O) groups excluding carboxylic acids is 4. The van der Waals surface area contributed by atoms with Crippen molar-refractivity contribution in [3.8, 4) is 0 Å². The van der Waals surface area contributed by atoms with Gasteiger partial charge in [-0.3, -0.25) is 14.4 Å². The third-order valence-electron chi connectivity index (χ3n) is 9.28. The molecule has 0 bridgehead atoms. The quantitative estimate of drug-likeness (QED) is 0.0804. The van der Waals surface area contributed by atoms with Crippen molar-refractivity contribution < 1.29 is 37.8 Å². The van der Waals surface area contributed by atoms with Gasteiger partial charge >= 0.3 is 17.9 Å². The fourth-order valence-electron chi connectivity index (χ4n) is 6.62. The summed E-state index contributed by atoms with van der Waals surface area (Å²) in [5, 5.41) is 2.09. The normalized spacial score (nSPS) is 13.6. The van der Waals surface area contributed by atoms with Crippen molar-refractivity contribution >= 4 is 51.8 Å². The van der Waals surface area contributed by atoms with E-state index < -0.39 is 41.1 Å². The molecule has 3 atom stereocenters. The van der Waals surface area contributed by atoms with Gasteiger partial charge in [0.05, 0.1) is 25.0 Å². The van der Waals surface area contributed by atoms with Crippen molar-refractivity contribution in [2.45, 2.75) is 97.4 Å². The number of esters is 3. The number of allylic oxidation sites excluding steroid dienone is 1. The van der Waals surface area contributed by atoms with Gasteiger partial charge in [-0.25, -0.2) is 9.78 Å². The zero-order chi connectivity index (χ0) is 40.6. The smallest absolute Gasteiger partial charge is 0.337 e. The number of rotatable bonds is 14. The first-order valence-electron chi connectivity index (χ1n) is 18.9. The minimum absolute atomic E-state index is 0.226. The van der Waals surface area contributed by atoms with Gasteiger partial charge in [0.1, 0.15) is 16.7 Å². The zero-order valence-electron chi connectivity index (χ0n) is 33.5. The standard InChI is InChI=1S/C46H52N2O8/c1-30(37(33-22-24-34(25-23-33)43(51)53-8)16-13-19-40-47-38-17-11-12-18-39(38)54-40)48(29-31-20-21-32-14-9-10-15-35(32)26-31)41(49)27-36(44(52)56-46(5,6)7)28-42(50)55-45(2,3)4/h9-15,17-26,30,36-37H,16,27-29H2,1-8H3/b19-13-/t30-,36-,37+/m1/s1. The number of amides is 1. The number of methoxy groups -OCH3 is 1. The van der Waals surface area contributed by atoms with Crippen LogP contribution in [0.1, 0.15) is 101 Å². The summed E-state index contributed by atoms with van der Waals surface area (Å²) in [5.41, 5.74) is 1.97. The van der Waals surface area contributed by atoms with Crippen LogP contribution in [0.2, 0.25) is 0 Å². The molecule has 10 heteroatoms. The Kier molecular flexibility index (Phi) is 13.2. The van der Waals surface area contributed by atoms with Crippen molar-refractivity contribution in [3.05, 3.63) is 120 Å². The highest BCUT2D eigenvalue weighted by Crippen LogP contribution is 2.32. The summed E-state index contributed by atoms with van der Waals surface area (Å²) < 4.78 is 22.2. The van der Waals surface area contributed by atoms with E-state index in [0.29, 0.717) is 23.5 Å². The van der Waals surface area contributed by atoms with E-state index in [-0.39, 0.29) is 31.2 Å². The van der Waals surface area contributed by atoms with Crippen LogP contribution in [-0.4, -0.2) is 58.1 Å². The molecule has 0 unspecified atom stereocenters. The van der Waals surface area contributed by atoms with E-state index in [4.69, 9.17) is 18.6 Å². The molecule has 0 N–H and O–H groups in total. The van der Waals surface area contributed by atoms with E-state index in [1.165, 1.54) is 7.11 Å². The molecule has 0 aliphatic heterocycles. The largest absolute Gasteiger partial charge is 0.465 e. The Bertz CT molecular complexity index is 2160. The van der Waals surface area contributed by atoms with Gasteiger partial charge in [0.2, 0.25) is 11.8 Å². The van der Waals surface area contributed by atoms with Crippen LogP contribution in [0.25, 0.3) is 27.9 Å². The molecule has 0 aliphatic carbocycles. The molecule has 0 aliphatic rings. The van der Waals surface area contributed by atoms with E-state index in [0.717, 1.165) is 27.4 Å². The van der Waals surface area contributed by atoms with E-state index in [1.54, 1.807) is 58.6 Å². The highest BCUT2D eigenvalue weighted by atomic mass is 16.6. The lowest BCUT2D eigenvalue weighted by Gasteiger charge is -2.36. The Hall–Kier alpha value is -5.77. The molecule has 0 radical (unpaired) electrons. The maximum Gasteiger partial charge on any atom is 0.337 e. The first-order valence-corrected chi connectivity index (χ1v) is 18.9. The summed E-state index contributed by atoms with van der Waals surface area (Å²) in [7, 11) is 1.33. The molecule has 0 saturated carbocycles. The molecule has 10 nitrogen and oxygen atoms in total. The van der Waals surface area contributed by atoms with Crippen molar-refractivity contribution in [2.75, 3.05) is 7.11 Å². The van der Waals surface area contributed by atoms with Crippen LogP contribution in [0.4, 0.5) is 0 Å². The Morgan fingerprint density at radius 2 is 1.46 bits per heavy atom. The highest BCUT2D eigenvalue weighted by Gasteiger charge is 2.35. The van der Waals surface area contributed by atoms with Crippen LogP contribution in [0, 0.1) is 5.92 Å². The van der Waals surface area contributed by atoms with Gasteiger partial charge in [0, 0.05) is 24.9 Å². The first-order chi connectivity index (χ1) is 26.5. The number of benzene rings is 4. The van der Waals surface area contributed by atoms with Gasteiger partial charge in [-0.1, -0.05) is 66.7 Å². The van der Waals surface area contributed by atoms with Gasteiger partial charge in [0.25, 0.3) is 0 Å². The fourth-order valence-corrected chi connectivity index (χ4v) is 6.62. The summed E-state index contributed by atoms with van der Waals surface area (Å²) in [6.45, 7) is 12.7. The Labute approximate surface area is 328 Å². The predicted molar refractivity (Wildman–Crippen MR) is 217 cm³/mol. The molecule has 5 aromatic rings. The van der Waals surface area contributed by atoms with Crippen LogP contribution in [0.15, 0.2) is 101 Å². The lowest BCUT2D eigenvalue weighted by Crippen LogP contribution is -2.43. The molecule has 1 aromatic heterocycles. The third kappa shape index (κ3) is 11.4. The van der Waals surface area contributed by atoms with Crippen molar-refractivity contribution in [1.29, 1.82) is 0 Å². The summed E-state index contributed by atoms with van der Waals surface area (Å²) in [6.07, 6.45) is 3.65. The molecule has 4 aromatic carbocycles. The molecule has 56 heavy (non-hydrogen) atoms. The zero-order valence-corrected chi connectivity index (χ0v) is 33.5. The van der Waals surface area contributed by atoms with E-state index in [9.17, 15) is 19.2 Å². The molecular weight excluding hydrogens is 709 g/mol. The lowest BCUT2D eigenvalue weighted by molar-refractivity contribution is -0.168. The van der Waals surface area contributed by atoms with Gasteiger partial charge in [-0.05, 0) is 113 Å². The van der Waals surface area contributed by atoms with Crippen LogP contribution in [-0.2, 0) is 35.1 Å². The van der Waals surface area contributed by atoms with E-state index in [2.05, 4.69) is 11.1 Å². The molecule has 1 heterocycles. The molecule has 294 valence electrons. The number of fused-ring (bicyclic) bond motifs is 2. The fraction of sp³-hybridized carbons (Fsp3) is 0.370. The molecule has 0 spiro atoms. The van der Waals surface area contributed by atoms with E-state index in [1.807, 2.05) is 91.9 Å². The number of hydrogen-bond donors (Lipinski definition) is 0. The highest BCUT2D eigenvalue weighted by molar-refractivity contribution is 5.89. The molecular formula is C46H52N2O8. The Morgan fingerprint density at radius 1 is 0.804 bits per heavy atom. The van der Waals surface area contributed by atoms with Crippen molar-refractivity contribution in [1.82, 2.24) is 9.88 Å². The predicted octanol–water partition coefficient (Wildman–Crippen LogP) is 9.45. The lowest BCUT2D eigenvalue weighted by atomic mass is 9.87. The monoisotopic (exact) mass is 760 g/mol. The van der Waals surface area contributed by atoms with Crippen LogP contribution in [0.3, 0.4) is 0 Å². The van der Waals surface area contributed by atoms with Crippen molar-refractivity contribution in [3.63, 3.8) is 0 Å². The molecule has 5 rings (SSSR count). The summed E-state index contributed by atoms with van der Waals surface area (Å²) in [4.78, 5) is 60.2. The van der Waals surface area contributed by atoms with Crippen LogP contribution < -0.4 is 0 Å². The number of para-hydroxylation sites is 2. The number of aromatic nitrogens is 1. The first kappa shape index (κ1) is 41.4. The molecule has 1 amide bonds. The average molecular weight is 761 g/mol. The molecule has 0 fully saturated rings. The number of nitrogens with zero attached hydrogens (tertiary/aromatic N) is 2. The Balaban J connectivity index is 1.53. The number of carbonyl (C=O) groups is 4. The third-order valence-corrected chi connectivity index (χ3v) is 9.28. The second-order valence-electron chi connectivity index (χ2n) is 16.0. The van der Waals surface area contributed by atoms with Crippen molar-refractivity contribution in [2.24, 2.45) is 5.92 Å². The number of hydrogen-bond acceptors (Lipinski definition) is 9. The van der Waals surface area contributed by atoms with Gasteiger partial charge < -0.3 is 23.5 Å². The summed E-state index contributed by atoms with van der Waals surface area (Å²) in [6, 6.07) is 28.3. The second kappa shape index (κ2) is 17.8. The SMILES string of the molecule is COC(=O)c1ccc([C@@H](C/C=C\c2nc3ccccc3o2)[C@@H](C)N(Cc2ccc3ccccc3c2)C(=O)C[C@H](CC(=O)OC(C)(C)C)C(=O)OC(C)(C)C)cc1. The second-order valence-corrected chi connectivity index (χ2v) is 16.0. The van der Waals surface area contributed by atoms with Gasteiger partial charge in [-0.15, -0.1) is 0 Å². The van der Waals surface area contributed by atoms with Gasteiger partial charge in [0.15, 0.2) is 5.58 Å². The summed E-state index contributed by atoms with van der Waals surface area (Å²) in [5.74, 6) is -2.95. The molecule has 0 saturated heterocycles. The topological polar surface area (TPSA) is 125 Å². The summed E-state index contributed by atoms with van der Waals surface area (Å²) >= 11 is 0. The van der Waals surface area contributed by atoms with Gasteiger partial charge in [-0.2, -0.15) is 0 Å². The van der Waals surface area contributed by atoms with Crippen LogP contribution >= 0.6 is 0 Å². The number of ether oxygens (including phenoxy) is 3. The Morgan fingerprint density at radius 3 is 2.12 bits per heavy atom. The average Bonchev–Trinajstić information content (AvgIpc) is 3.56. The maximum absolute atomic E-state index is 14.8.